The number of hydrogen-bond acceptors (Lipinski definition) is 5. The molecule has 1 fully saturated rings. The van der Waals surface area contributed by atoms with E-state index in [1.54, 1.807) is 26.0 Å². The Morgan fingerprint density at radius 2 is 2.03 bits per heavy atom. The molecule has 6 heteroatoms. The molecule has 0 unspecified atom stereocenters. The van der Waals surface area contributed by atoms with Gasteiger partial charge in [0, 0.05) is 18.7 Å². The fraction of sp³-hybridized carbons (Fsp3) is 0.464. The summed E-state index contributed by atoms with van der Waals surface area (Å²) in [5, 5.41) is 10.6. The summed E-state index contributed by atoms with van der Waals surface area (Å²) < 4.78 is 24.7. The minimum absolute atomic E-state index is 0.160. The number of benzene rings is 2. The maximum Gasteiger partial charge on any atom is 0.330 e. The molecule has 1 aliphatic heterocycles. The molecule has 0 aliphatic carbocycles. The zero-order chi connectivity index (χ0) is 24.5. The molecule has 0 amide bonds. The number of aliphatic hydroxyl groups is 1. The third-order valence-corrected chi connectivity index (χ3v) is 6.29. The minimum Gasteiger partial charge on any atom is -0.463 e. The Bertz CT molecular complexity index is 959. The Hall–Kier alpha value is -2.54. The van der Waals surface area contributed by atoms with E-state index in [9.17, 15) is 14.3 Å². The highest BCUT2D eigenvalue weighted by molar-refractivity contribution is 5.87. The van der Waals surface area contributed by atoms with Crippen molar-refractivity contribution in [2.24, 2.45) is 0 Å². The van der Waals surface area contributed by atoms with Crippen LogP contribution in [0.25, 0.3) is 6.08 Å². The van der Waals surface area contributed by atoms with Crippen molar-refractivity contribution in [3.05, 3.63) is 76.6 Å². The second-order valence-corrected chi connectivity index (χ2v) is 8.96. The van der Waals surface area contributed by atoms with Crippen molar-refractivity contribution in [3.8, 4) is 0 Å². The van der Waals surface area contributed by atoms with Gasteiger partial charge in [-0.25, -0.2) is 9.18 Å². The molecule has 0 spiro atoms. The van der Waals surface area contributed by atoms with E-state index in [4.69, 9.17) is 9.47 Å². The molecule has 1 aliphatic rings. The lowest BCUT2D eigenvalue weighted by Crippen LogP contribution is -2.39. The van der Waals surface area contributed by atoms with Crippen molar-refractivity contribution in [2.45, 2.75) is 58.3 Å². The van der Waals surface area contributed by atoms with Crippen molar-refractivity contribution < 1.29 is 23.8 Å². The molecule has 5 nitrogen and oxygen atoms in total. The Kier molecular flexibility index (Phi) is 9.81. The van der Waals surface area contributed by atoms with Crippen LogP contribution in [-0.4, -0.2) is 54.4 Å². The fourth-order valence-corrected chi connectivity index (χ4v) is 4.31. The minimum atomic E-state index is -0.593. The predicted octanol–water partition coefficient (Wildman–Crippen LogP) is 4.86. The molecule has 34 heavy (non-hydrogen) atoms. The Morgan fingerprint density at radius 3 is 2.74 bits per heavy atom. The quantitative estimate of drug-likeness (QED) is 0.376. The average molecular weight is 470 g/mol. The number of aryl methyl sites for hydroxylation is 1. The fourth-order valence-electron chi connectivity index (χ4n) is 4.31. The van der Waals surface area contributed by atoms with Crippen LogP contribution in [0.2, 0.25) is 0 Å². The van der Waals surface area contributed by atoms with E-state index in [0.29, 0.717) is 24.8 Å². The summed E-state index contributed by atoms with van der Waals surface area (Å²) in [5.74, 6) is -0.518. The first-order chi connectivity index (χ1) is 16.4. The molecular weight excluding hydrogens is 433 g/mol. The number of carbonyl (C=O) groups excluding carboxylic acids is 1. The number of aliphatic hydroxyl groups excluding tert-OH is 1. The summed E-state index contributed by atoms with van der Waals surface area (Å²) in [5.41, 5.74) is 3.56. The van der Waals surface area contributed by atoms with Gasteiger partial charge in [-0.3, -0.25) is 4.90 Å². The van der Waals surface area contributed by atoms with E-state index >= 15 is 0 Å². The molecule has 3 rings (SSSR count). The van der Waals surface area contributed by atoms with Gasteiger partial charge in [0.2, 0.25) is 0 Å². The van der Waals surface area contributed by atoms with Crippen LogP contribution in [0.5, 0.6) is 0 Å². The number of halogens is 1. The molecule has 1 heterocycles. The smallest absolute Gasteiger partial charge is 0.330 e. The number of likely N-dealkylation sites (tertiary alicyclic amines) is 1. The van der Waals surface area contributed by atoms with Crippen LogP contribution in [0.1, 0.15) is 55.0 Å². The van der Waals surface area contributed by atoms with Gasteiger partial charge in [0.25, 0.3) is 0 Å². The van der Waals surface area contributed by atoms with Crippen LogP contribution in [0.3, 0.4) is 0 Å². The van der Waals surface area contributed by atoms with E-state index in [1.165, 1.54) is 6.08 Å². The Morgan fingerprint density at radius 1 is 1.26 bits per heavy atom. The summed E-state index contributed by atoms with van der Waals surface area (Å²) in [4.78, 5) is 13.7. The third kappa shape index (κ3) is 7.76. The number of esters is 1. The second-order valence-electron chi connectivity index (χ2n) is 8.96. The van der Waals surface area contributed by atoms with Crippen LogP contribution in [0.15, 0.2) is 48.5 Å². The lowest BCUT2D eigenvalue weighted by atomic mass is 10.0. The lowest BCUT2D eigenvalue weighted by Gasteiger charge is -2.27. The first kappa shape index (κ1) is 26.1. The van der Waals surface area contributed by atoms with Crippen molar-refractivity contribution in [2.75, 3.05) is 26.3 Å². The average Bonchev–Trinajstić information content (AvgIpc) is 3.25. The molecule has 2 aromatic carbocycles. The van der Waals surface area contributed by atoms with Gasteiger partial charge in [-0.05, 0) is 81.0 Å². The number of rotatable bonds is 11. The van der Waals surface area contributed by atoms with Crippen molar-refractivity contribution in [1.82, 2.24) is 4.90 Å². The van der Waals surface area contributed by atoms with Crippen LogP contribution >= 0.6 is 0 Å². The largest absolute Gasteiger partial charge is 0.463 e. The lowest BCUT2D eigenvalue weighted by molar-refractivity contribution is -0.137. The third-order valence-electron chi connectivity index (χ3n) is 6.29. The molecule has 0 aromatic heterocycles. The SMILES string of the molecule is CCOC(=O)C=Cc1ccc([C@@H](C)OC[C@H](O)CN2CCC[C@H]2Cc2ccc(C)c(F)c2)cc1. The van der Waals surface area contributed by atoms with Gasteiger partial charge in [0.1, 0.15) is 5.82 Å². The van der Waals surface area contributed by atoms with E-state index in [1.807, 2.05) is 43.3 Å². The van der Waals surface area contributed by atoms with Crippen molar-refractivity contribution in [1.29, 1.82) is 0 Å². The molecule has 3 atom stereocenters. The van der Waals surface area contributed by atoms with Gasteiger partial charge in [0.05, 0.1) is 25.4 Å². The molecule has 184 valence electrons. The van der Waals surface area contributed by atoms with Gasteiger partial charge in [-0.2, -0.15) is 0 Å². The van der Waals surface area contributed by atoms with Crippen LogP contribution in [0.4, 0.5) is 4.39 Å². The first-order valence-electron chi connectivity index (χ1n) is 12.1. The summed E-state index contributed by atoms with van der Waals surface area (Å²) in [6.07, 6.45) is 5.30. The predicted molar refractivity (Wildman–Crippen MR) is 132 cm³/mol. The van der Waals surface area contributed by atoms with Gasteiger partial charge >= 0.3 is 5.97 Å². The summed E-state index contributed by atoms with van der Waals surface area (Å²) in [6.45, 7) is 7.59. The highest BCUT2D eigenvalue weighted by Gasteiger charge is 2.27. The summed E-state index contributed by atoms with van der Waals surface area (Å²) >= 11 is 0. The molecule has 2 aromatic rings. The normalized spacial score (nSPS) is 18.3. The highest BCUT2D eigenvalue weighted by atomic mass is 19.1. The number of ether oxygens (including phenoxy) is 2. The van der Waals surface area contributed by atoms with E-state index in [2.05, 4.69) is 4.90 Å². The summed E-state index contributed by atoms with van der Waals surface area (Å²) in [7, 11) is 0. The first-order valence-corrected chi connectivity index (χ1v) is 12.1. The topological polar surface area (TPSA) is 59.0 Å². The van der Waals surface area contributed by atoms with E-state index < -0.39 is 6.10 Å². The van der Waals surface area contributed by atoms with Gasteiger partial charge in [-0.15, -0.1) is 0 Å². The number of β-amino-alcohol motifs (C(OH)–C–C–N with tert-alkyl or cyclic N) is 1. The maximum absolute atomic E-state index is 13.9. The zero-order valence-corrected chi connectivity index (χ0v) is 20.4. The van der Waals surface area contributed by atoms with E-state index in [0.717, 1.165) is 42.5 Å². The van der Waals surface area contributed by atoms with Crippen molar-refractivity contribution in [3.63, 3.8) is 0 Å². The van der Waals surface area contributed by atoms with Gasteiger partial charge in [-0.1, -0.05) is 36.4 Å². The monoisotopic (exact) mass is 469 g/mol. The molecule has 0 radical (unpaired) electrons. The number of nitrogens with zero attached hydrogens (tertiary/aromatic N) is 1. The summed E-state index contributed by atoms with van der Waals surface area (Å²) in [6, 6.07) is 13.5. The van der Waals surface area contributed by atoms with Crippen molar-refractivity contribution >= 4 is 12.0 Å². The van der Waals surface area contributed by atoms with Crippen LogP contribution < -0.4 is 0 Å². The van der Waals surface area contributed by atoms with Crippen LogP contribution in [0, 0.1) is 12.7 Å². The second kappa shape index (κ2) is 12.8. The Labute approximate surface area is 202 Å². The zero-order valence-electron chi connectivity index (χ0n) is 20.4. The molecule has 1 N–H and O–H groups in total. The maximum atomic E-state index is 13.9. The van der Waals surface area contributed by atoms with E-state index in [-0.39, 0.29) is 24.5 Å². The standard InChI is InChI=1S/C28H36FNO4/c1-4-33-28(32)14-11-22-9-12-24(13-10-22)21(3)34-19-26(31)18-30-15-5-6-25(30)16-23-8-7-20(2)27(29)17-23/h7-14,17,21,25-26,31H,4-6,15-16,18-19H2,1-3H3/t21-,25+,26-/m1/s1. The molecule has 0 saturated carbocycles. The number of carbonyl (C=O) groups is 1. The molecule has 0 bridgehead atoms. The van der Waals surface area contributed by atoms with Gasteiger partial charge in [0.15, 0.2) is 0 Å². The van der Waals surface area contributed by atoms with Crippen LogP contribution in [-0.2, 0) is 20.7 Å². The Balaban J connectivity index is 1.45. The number of hydrogen-bond donors (Lipinski definition) is 1. The van der Waals surface area contributed by atoms with Gasteiger partial charge < -0.3 is 14.6 Å². The molecule has 1 saturated heterocycles. The molecular formula is C28H36FNO4. The highest BCUT2D eigenvalue weighted by Crippen LogP contribution is 2.23.